The zero-order valence-electron chi connectivity index (χ0n) is 22.2. The van der Waals surface area contributed by atoms with E-state index < -0.39 is 11.6 Å². The van der Waals surface area contributed by atoms with E-state index in [0.717, 1.165) is 17.2 Å². The summed E-state index contributed by atoms with van der Waals surface area (Å²) < 4.78 is 29.5. The number of nitrogens with zero attached hydrogens (tertiary/aromatic N) is 3. The lowest BCUT2D eigenvalue weighted by molar-refractivity contribution is 0.101. The van der Waals surface area contributed by atoms with Gasteiger partial charge in [-0.1, -0.05) is 24.9 Å². The number of amidine groups is 1. The Balaban J connectivity index is 0.000000427. The molecule has 0 bridgehead atoms. The van der Waals surface area contributed by atoms with E-state index in [1.807, 2.05) is 13.0 Å². The highest BCUT2D eigenvalue weighted by Gasteiger charge is 2.16. The number of Topliss-reactive ketones (excluding diaryl/α,β-unsaturated/α-hetero) is 1. The van der Waals surface area contributed by atoms with Gasteiger partial charge in [-0.05, 0) is 88.5 Å². The largest absolute Gasteiger partial charge is 0.344 e. The molecular formula is C29H34ClF2N5O. The lowest BCUT2D eigenvalue weighted by atomic mass is 9.96. The number of aryl methyl sites for hydroxylation is 1. The third kappa shape index (κ3) is 7.82. The van der Waals surface area contributed by atoms with Crippen LogP contribution in [0.2, 0.25) is 5.02 Å². The minimum atomic E-state index is -1.10. The Hall–Kier alpha value is -3.36. The van der Waals surface area contributed by atoms with Gasteiger partial charge in [-0.15, -0.1) is 0 Å². The van der Waals surface area contributed by atoms with Gasteiger partial charge in [-0.2, -0.15) is 0 Å². The summed E-state index contributed by atoms with van der Waals surface area (Å²) >= 11 is 5.61. The highest BCUT2D eigenvalue weighted by atomic mass is 35.5. The molecular weight excluding hydrogens is 508 g/mol. The fraction of sp³-hybridized carbons (Fsp3) is 0.345. The number of anilines is 1. The molecule has 2 aromatic carbocycles. The van der Waals surface area contributed by atoms with Gasteiger partial charge in [0.15, 0.2) is 17.4 Å². The minimum Gasteiger partial charge on any atom is -0.344 e. The molecule has 2 heterocycles. The van der Waals surface area contributed by atoms with Crippen molar-refractivity contribution in [3.8, 4) is 11.3 Å². The number of aromatic nitrogens is 2. The number of ketones is 1. The number of nitrogens with one attached hydrogen (secondary N) is 2. The van der Waals surface area contributed by atoms with Gasteiger partial charge < -0.3 is 15.2 Å². The molecule has 202 valence electrons. The zero-order valence-corrected chi connectivity index (χ0v) is 22.9. The topological polar surface area (TPSA) is 71.3 Å². The Morgan fingerprint density at radius 3 is 2.58 bits per heavy atom. The number of rotatable bonds is 6. The number of carbonyl (C=O) groups is 1. The summed E-state index contributed by atoms with van der Waals surface area (Å²) in [6.45, 7) is 9.96. The van der Waals surface area contributed by atoms with E-state index in [9.17, 15) is 13.6 Å². The van der Waals surface area contributed by atoms with Crippen molar-refractivity contribution >= 4 is 35.1 Å². The first-order valence-corrected chi connectivity index (χ1v) is 13.0. The standard InChI is InChI=1S/C22H19ClF2N4O.C7H15N/c1-13-10-16(4-5-17(13)14(2)30)28-15(3)27-8-9-29-12-26-11-20(29)18-6-7-19(23)22(25)21(18)24;1-2-7-3-5-8-6-4-7/h4-12H,1-3H3,(H,27,28);7-8H,2-6H2,1H3/b9-8-;. The first kappa shape index (κ1) is 29.2. The maximum absolute atomic E-state index is 14.2. The van der Waals surface area contributed by atoms with Crippen molar-refractivity contribution in [2.24, 2.45) is 10.9 Å². The summed E-state index contributed by atoms with van der Waals surface area (Å²) in [5.41, 5.74) is 2.74. The van der Waals surface area contributed by atoms with Crippen molar-refractivity contribution in [3.63, 3.8) is 0 Å². The summed E-state index contributed by atoms with van der Waals surface area (Å²) in [5.74, 6) is -0.498. The highest BCUT2D eigenvalue weighted by Crippen LogP contribution is 2.28. The van der Waals surface area contributed by atoms with Crippen LogP contribution >= 0.6 is 11.6 Å². The zero-order chi connectivity index (χ0) is 27.7. The van der Waals surface area contributed by atoms with Crippen LogP contribution in [0.1, 0.15) is 56.0 Å². The fourth-order valence-corrected chi connectivity index (χ4v) is 4.39. The molecule has 1 aliphatic rings. The van der Waals surface area contributed by atoms with Crippen LogP contribution in [0.25, 0.3) is 17.5 Å². The third-order valence-corrected chi connectivity index (χ3v) is 6.73. The number of benzene rings is 2. The summed E-state index contributed by atoms with van der Waals surface area (Å²) in [5, 5.41) is 6.20. The summed E-state index contributed by atoms with van der Waals surface area (Å²) in [6, 6.07) is 8.12. The number of carbonyl (C=O) groups excluding carboxylic acids is 1. The van der Waals surface area contributed by atoms with Crippen LogP contribution in [-0.2, 0) is 0 Å². The van der Waals surface area contributed by atoms with Gasteiger partial charge in [0.05, 0.1) is 23.2 Å². The Morgan fingerprint density at radius 1 is 1.21 bits per heavy atom. The lowest BCUT2D eigenvalue weighted by Crippen LogP contribution is -2.27. The normalized spacial score (nSPS) is 14.3. The fourth-order valence-electron chi connectivity index (χ4n) is 4.24. The second kappa shape index (κ2) is 14.0. The molecule has 0 spiro atoms. The molecule has 6 nitrogen and oxygen atoms in total. The quantitative estimate of drug-likeness (QED) is 0.148. The van der Waals surface area contributed by atoms with E-state index in [1.54, 1.807) is 25.3 Å². The van der Waals surface area contributed by atoms with E-state index in [0.29, 0.717) is 17.1 Å². The van der Waals surface area contributed by atoms with Gasteiger partial charge in [0, 0.05) is 29.2 Å². The average molecular weight is 542 g/mol. The molecule has 0 aliphatic carbocycles. The van der Waals surface area contributed by atoms with Gasteiger partial charge in [0.2, 0.25) is 0 Å². The monoisotopic (exact) mass is 541 g/mol. The van der Waals surface area contributed by atoms with Crippen molar-refractivity contribution in [3.05, 3.63) is 76.8 Å². The molecule has 9 heteroatoms. The number of hydrogen-bond donors (Lipinski definition) is 2. The van der Waals surface area contributed by atoms with Crippen LogP contribution in [-0.4, -0.2) is 34.3 Å². The van der Waals surface area contributed by atoms with Crippen molar-refractivity contribution in [2.75, 3.05) is 18.4 Å². The number of imidazole rings is 1. The molecule has 1 aliphatic heterocycles. The van der Waals surface area contributed by atoms with Gasteiger partial charge in [-0.25, -0.2) is 18.8 Å². The SMILES string of the molecule is CC(=O)c1ccc(NC(C)=N/C=C\n2cncc2-c2ccc(Cl)c(F)c2F)cc1C.CCC1CCNCC1. The number of piperidine rings is 1. The summed E-state index contributed by atoms with van der Waals surface area (Å²) in [4.78, 5) is 19.8. The second-order valence-electron chi connectivity index (χ2n) is 9.23. The van der Waals surface area contributed by atoms with E-state index in [1.165, 1.54) is 74.7 Å². The maximum Gasteiger partial charge on any atom is 0.178 e. The molecule has 3 aromatic rings. The minimum absolute atomic E-state index is 0.0144. The first-order chi connectivity index (χ1) is 18.2. The third-order valence-electron chi connectivity index (χ3n) is 6.44. The lowest BCUT2D eigenvalue weighted by Gasteiger charge is -2.20. The molecule has 0 atom stereocenters. The number of aliphatic imine (C=N–C) groups is 1. The van der Waals surface area contributed by atoms with E-state index in [-0.39, 0.29) is 16.4 Å². The molecule has 38 heavy (non-hydrogen) atoms. The first-order valence-electron chi connectivity index (χ1n) is 12.7. The van der Waals surface area contributed by atoms with Gasteiger partial charge in [0.25, 0.3) is 0 Å². The number of hydrogen-bond acceptors (Lipinski definition) is 4. The van der Waals surface area contributed by atoms with Crippen molar-refractivity contribution in [2.45, 2.75) is 47.0 Å². The van der Waals surface area contributed by atoms with Crippen LogP contribution in [0.15, 0.2) is 54.0 Å². The van der Waals surface area contributed by atoms with E-state index in [4.69, 9.17) is 11.6 Å². The molecule has 1 saturated heterocycles. The second-order valence-corrected chi connectivity index (χ2v) is 9.64. The molecule has 0 unspecified atom stereocenters. The molecule has 2 N–H and O–H groups in total. The summed E-state index contributed by atoms with van der Waals surface area (Å²) in [6.07, 6.45) is 10.1. The van der Waals surface area contributed by atoms with Crippen molar-refractivity contribution in [1.82, 2.24) is 14.9 Å². The van der Waals surface area contributed by atoms with Crippen LogP contribution in [0.4, 0.5) is 14.5 Å². The predicted molar refractivity (Wildman–Crippen MR) is 152 cm³/mol. The smallest absolute Gasteiger partial charge is 0.178 e. The van der Waals surface area contributed by atoms with Crippen molar-refractivity contribution < 1.29 is 13.6 Å². The van der Waals surface area contributed by atoms with Gasteiger partial charge in [0.1, 0.15) is 5.84 Å². The van der Waals surface area contributed by atoms with Crippen molar-refractivity contribution in [1.29, 1.82) is 0 Å². The summed E-state index contributed by atoms with van der Waals surface area (Å²) in [7, 11) is 0. The number of halogens is 3. The maximum atomic E-state index is 14.2. The van der Waals surface area contributed by atoms with Crippen LogP contribution in [0.5, 0.6) is 0 Å². The molecule has 1 aromatic heterocycles. The molecule has 0 radical (unpaired) electrons. The van der Waals surface area contributed by atoms with E-state index in [2.05, 4.69) is 27.5 Å². The van der Waals surface area contributed by atoms with E-state index >= 15 is 0 Å². The van der Waals surface area contributed by atoms with Crippen LogP contribution < -0.4 is 10.6 Å². The molecule has 0 saturated carbocycles. The highest BCUT2D eigenvalue weighted by molar-refractivity contribution is 6.30. The Morgan fingerprint density at radius 2 is 1.95 bits per heavy atom. The van der Waals surface area contributed by atoms with Gasteiger partial charge in [-0.3, -0.25) is 4.79 Å². The van der Waals surface area contributed by atoms with Crippen LogP contribution in [0.3, 0.4) is 0 Å². The molecule has 4 rings (SSSR count). The Bertz CT molecular complexity index is 1310. The molecule has 0 amide bonds. The Kier molecular flexibility index (Phi) is 10.7. The van der Waals surface area contributed by atoms with Gasteiger partial charge >= 0.3 is 0 Å². The predicted octanol–water partition coefficient (Wildman–Crippen LogP) is 7.35. The molecule has 1 fully saturated rings. The van der Waals surface area contributed by atoms with Crippen LogP contribution in [0, 0.1) is 24.5 Å². The Labute approximate surface area is 227 Å². The average Bonchev–Trinajstić information content (AvgIpc) is 3.36.